The largest absolute Gasteiger partial charge is 0.390 e. The van der Waals surface area contributed by atoms with Crippen LogP contribution in [0.4, 0.5) is 11.4 Å². The zero-order valence-electron chi connectivity index (χ0n) is 18.3. The highest BCUT2D eigenvalue weighted by Crippen LogP contribution is 2.32. The third-order valence-electron chi connectivity index (χ3n) is 5.46. The fourth-order valence-corrected chi connectivity index (χ4v) is 8.62. The van der Waals surface area contributed by atoms with Crippen molar-refractivity contribution < 1.29 is 30.4 Å². The molecule has 0 amide bonds. The molecule has 0 unspecified atom stereocenters. The molecule has 0 saturated carbocycles. The predicted molar refractivity (Wildman–Crippen MR) is 138 cm³/mol. The van der Waals surface area contributed by atoms with Crippen LogP contribution in [0.1, 0.15) is 0 Å². The standard InChI is InChI=1S/C22H20Cl2N2O7S3/c23-15-1-9-19(10-2-15)35(30,31)25-17-5-7-18(8-6-17)26(21-13-34(28,29)14-22(21)27)36(32,33)20-11-3-16(24)4-12-20/h1-12,21-22,25,27H,13-14H2/t21-,22-/m0/s1. The van der Waals surface area contributed by atoms with Gasteiger partial charge in [-0.3, -0.25) is 9.03 Å². The topological polar surface area (TPSA) is 138 Å². The van der Waals surface area contributed by atoms with Crippen molar-refractivity contribution in [2.24, 2.45) is 0 Å². The number of halogens is 2. The SMILES string of the molecule is O=S1(=O)C[C@H](O)[C@@H](N(c2ccc(NS(=O)(=O)c3ccc(Cl)cc3)cc2)S(=O)(=O)c2ccc(Cl)cc2)C1. The Morgan fingerprint density at radius 3 is 1.75 bits per heavy atom. The molecule has 9 nitrogen and oxygen atoms in total. The molecule has 0 radical (unpaired) electrons. The number of sulfone groups is 1. The van der Waals surface area contributed by atoms with E-state index in [0.717, 1.165) is 4.31 Å². The van der Waals surface area contributed by atoms with E-state index < -0.39 is 53.5 Å². The zero-order chi connectivity index (χ0) is 26.3. The number of rotatable bonds is 7. The van der Waals surface area contributed by atoms with Crippen LogP contribution in [-0.2, 0) is 29.9 Å². The summed E-state index contributed by atoms with van der Waals surface area (Å²) < 4.78 is 80.0. The van der Waals surface area contributed by atoms with Crippen LogP contribution in [0.2, 0.25) is 10.0 Å². The van der Waals surface area contributed by atoms with E-state index in [1.165, 1.54) is 72.8 Å². The first kappa shape index (κ1) is 26.7. The molecule has 14 heteroatoms. The predicted octanol–water partition coefficient (Wildman–Crippen LogP) is 3.15. The summed E-state index contributed by atoms with van der Waals surface area (Å²) in [5.41, 5.74) is 0.178. The van der Waals surface area contributed by atoms with Gasteiger partial charge in [-0.15, -0.1) is 0 Å². The maximum absolute atomic E-state index is 13.6. The lowest BCUT2D eigenvalue weighted by Crippen LogP contribution is -2.47. The molecule has 192 valence electrons. The van der Waals surface area contributed by atoms with Crippen molar-refractivity contribution in [3.63, 3.8) is 0 Å². The molecule has 1 saturated heterocycles. The number of benzene rings is 3. The van der Waals surface area contributed by atoms with E-state index in [9.17, 15) is 30.4 Å². The molecule has 0 aromatic heterocycles. The Bertz CT molecular complexity index is 1580. The first-order valence-corrected chi connectivity index (χ1v) is 15.9. The summed E-state index contributed by atoms with van der Waals surface area (Å²) in [6, 6.07) is 14.9. The van der Waals surface area contributed by atoms with Crippen molar-refractivity contribution in [2.45, 2.75) is 21.9 Å². The molecule has 3 aromatic rings. The minimum atomic E-state index is -4.33. The van der Waals surface area contributed by atoms with Crippen molar-refractivity contribution in [1.29, 1.82) is 0 Å². The van der Waals surface area contributed by atoms with Crippen LogP contribution in [0, 0.1) is 0 Å². The van der Waals surface area contributed by atoms with Crippen molar-refractivity contribution in [3.8, 4) is 0 Å². The zero-order valence-corrected chi connectivity index (χ0v) is 22.3. The molecular weight excluding hydrogens is 571 g/mol. The second-order valence-electron chi connectivity index (χ2n) is 8.07. The number of nitrogens with zero attached hydrogens (tertiary/aromatic N) is 1. The lowest BCUT2D eigenvalue weighted by atomic mass is 10.2. The smallest absolute Gasteiger partial charge is 0.264 e. The Balaban J connectivity index is 1.71. The van der Waals surface area contributed by atoms with E-state index in [4.69, 9.17) is 23.2 Å². The number of anilines is 2. The Morgan fingerprint density at radius 1 is 0.778 bits per heavy atom. The highest BCUT2D eigenvalue weighted by Gasteiger charge is 2.45. The fourth-order valence-electron chi connectivity index (χ4n) is 3.77. The van der Waals surface area contributed by atoms with Gasteiger partial charge in [-0.25, -0.2) is 25.3 Å². The van der Waals surface area contributed by atoms with Crippen LogP contribution in [-0.4, -0.2) is 54.0 Å². The van der Waals surface area contributed by atoms with Crippen molar-refractivity contribution >= 4 is 64.5 Å². The highest BCUT2D eigenvalue weighted by molar-refractivity contribution is 7.93. The van der Waals surface area contributed by atoms with Gasteiger partial charge in [0, 0.05) is 15.7 Å². The van der Waals surface area contributed by atoms with Crippen LogP contribution in [0.15, 0.2) is 82.6 Å². The summed E-state index contributed by atoms with van der Waals surface area (Å²) in [4.78, 5) is -0.182. The molecule has 1 heterocycles. The Hall–Kier alpha value is -2.35. The average Bonchev–Trinajstić information content (AvgIpc) is 3.07. The van der Waals surface area contributed by atoms with Gasteiger partial charge in [0.2, 0.25) is 0 Å². The number of hydrogen-bond acceptors (Lipinski definition) is 7. The van der Waals surface area contributed by atoms with Crippen LogP contribution in [0.3, 0.4) is 0 Å². The van der Waals surface area contributed by atoms with E-state index in [-0.39, 0.29) is 21.2 Å². The molecule has 0 bridgehead atoms. The van der Waals surface area contributed by atoms with Gasteiger partial charge in [0.05, 0.1) is 39.1 Å². The van der Waals surface area contributed by atoms with Crippen LogP contribution < -0.4 is 9.03 Å². The molecule has 0 aliphatic carbocycles. The van der Waals surface area contributed by atoms with Gasteiger partial charge < -0.3 is 5.11 Å². The van der Waals surface area contributed by atoms with E-state index in [0.29, 0.717) is 10.0 Å². The van der Waals surface area contributed by atoms with Crippen molar-refractivity contribution in [2.75, 3.05) is 20.5 Å². The Labute approximate surface area is 219 Å². The fraction of sp³-hybridized carbons (Fsp3) is 0.182. The van der Waals surface area contributed by atoms with Crippen LogP contribution >= 0.6 is 23.2 Å². The van der Waals surface area contributed by atoms with Gasteiger partial charge in [0.1, 0.15) is 0 Å². The molecule has 1 fully saturated rings. The second-order valence-corrected chi connectivity index (χ2v) is 14.6. The van der Waals surface area contributed by atoms with Crippen molar-refractivity contribution in [3.05, 3.63) is 82.8 Å². The Morgan fingerprint density at radius 2 is 1.28 bits per heavy atom. The number of aliphatic hydroxyl groups excluding tert-OH is 1. The maximum Gasteiger partial charge on any atom is 0.264 e. The molecular formula is C22H20Cl2N2O7S3. The quantitative estimate of drug-likeness (QED) is 0.431. The maximum atomic E-state index is 13.6. The number of aliphatic hydroxyl groups is 1. The summed E-state index contributed by atoms with van der Waals surface area (Å²) in [6.07, 6.45) is -1.46. The minimum Gasteiger partial charge on any atom is -0.390 e. The molecule has 36 heavy (non-hydrogen) atoms. The van der Waals surface area contributed by atoms with E-state index in [1.54, 1.807) is 0 Å². The third-order valence-corrected chi connectivity index (χ3v) is 10.9. The lowest BCUT2D eigenvalue weighted by molar-refractivity contribution is 0.184. The summed E-state index contributed by atoms with van der Waals surface area (Å²) in [7, 11) is -12.0. The number of hydrogen-bond donors (Lipinski definition) is 2. The molecule has 1 aliphatic rings. The van der Waals surface area contributed by atoms with Crippen LogP contribution in [0.25, 0.3) is 0 Å². The third kappa shape index (κ3) is 5.63. The number of nitrogens with one attached hydrogen (secondary N) is 1. The van der Waals surface area contributed by atoms with Gasteiger partial charge in [0.25, 0.3) is 20.0 Å². The van der Waals surface area contributed by atoms with Gasteiger partial charge in [-0.1, -0.05) is 23.2 Å². The molecule has 2 atom stereocenters. The first-order valence-electron chi connectivity index (χ1n) is 10.4. The molecule has 3 aromatic carbocycles. The highest BCUT2D eigenvalue weighted by atomic mass is 35.5. The van der Waals surface area contributed by atoms with Crippen LogP contribution in [0.5, 0.6) is 0 Å². The van der Waals surface area contributed by atoms with Crippen molar-refractivity contribution in [1.82, 2.24) is 0 Å². The van der Waals surface area contributed by atoms with E-state index in [1.807, 2.05) is 0 Å². The monoisotopic (exact) mass is 590 g/mol. The number of sulfonamides is 2. The van der Waals surface area contributed by atoms with E-state index >= 15 is 0 Å². The normalized spacial score (nSPS) is 19.6. The first-order chi connectivity index (χ1) is 16.8. The summed E-state index contributed by atoms with van der Waals surface area (Å²) in [5.74, 6) is -1.16. The molecule has 4 rings (SSSR count). The molecule has 2 N–H and O–H groups in total. The second kappa shape index (κ2) is 9.84. The van der Waals surface area contributed by atoms with Gasteiger partial charge in [0.15, 0.2) is 9.84 Å². The van der Waals surface area contributed by atoms with Gasteiger partial charge in [-0.05, 0) is 72.8 Å². The average molecular weight is 592 g/mol. The molecule has 1 aliphatic heterocycles. The van der Waals surface area contributed by atoms with Gasteiger partial charge in [-0.2, -0.15) is 0 Å². The van der Waals surface area contributed by atoms with Gasteiger partial charge >= 0.3 is 0 Å². The summed E-state index contributed by atoms with van der Waals surface area (Å²) in [5, 5.41) is 11.1. The summed E-state index contributed by atoms with van der Waals surface area (Å²) >= 11 is 11.7. The van der Waals surface area contributed by atoms with E-state index in [2.05, 4.69) is 4.72 Å². The minimum absolute atomic E-state index is 0.0257. The molecule has 0 spiro atoms. The Kier molecular flexibility index (Phi) is 7.30. The summed E-state index contributed by atoms with van der Waals surface area (Å²) in [6.45, 7) is 0. The lowest BCUT2D eigenvalue weighted by Gasteiger charge is -2.31.